The summed E-state index contributed by atoms with van der Waals surface area (Å²) in [5.41, 5.74) is 7.33. The van der Waals surface area contributed by atoms with Crippen LogP contribution in [0.25, 0.3) is 6.08 Å². The predicted octanol–water partition coefficient (Wildman–Crippen LogP) is 2.83. The van der Waals surface area contributed by atoms with E-state index in [9.17, 15) is 4.79 Å². The van der Waals surface area contributed by atoms with Gasteiger partial charge in [-0.1, -0.05) is 25.5 Å². The monoisotopic (exact) mass is 258 g/mol. The third-order valence-electron chi connectivity index (χ3n) is 3.73. The maximum absolute atomic E-state index is 11.7. The average molecular weight is 258 g/mol. The minimum atomic E-state index is -0.0172. The number of carbonyl (C=O) groups is 1. The lowest BCUT2D eigenvalue weighted by Gasteiger charge is -2.09. The molecule has 3 heteroatoms. The van der Waals surface area contributed by atoms with Gasteiger partial charge in [0.25, 0.3) is 0 Å². The summed E-state index contributed by atoms with van der Waals surface area (Å²) in [5.74, 6) is 1.45. The summed E-state index contributed by atoms with van der Waals surface area (Å²) in [5, 5.41) is 2.98. The van der Waals surface area contributed by atoms with Crippen LogP contribution in [0.5, 0.6) is 0 Å². The normalized spacial score (nSPS) is 22.8. The van der Waals surface area contributed by atoms with Crippen LogP contribution in [0.2, 0.25) is 0 Å². The molecule has 3 nitrogen and oxygen atoms in total. The van der Waals surface area contributed by atoms with E-state index < -0.39 is 0 Å². The number of hydrogen-bond acceptors (Lipinski definition) is 2. The molecule has 1 aliphatic rings. The number of carbonyl (C=O) groups excluding carboxylic acids is 1. The molecule has 102 valence electrons. The Bertz CT molecular complexity index is 450. The third-order valence-corrected chi connectivity index (χ3v) is 3.73. The number of nitrogen functional groups attached to an aromatic ring is 1. The number of nitrogens with two attached hydrogens (primary N) is 1. The van der Waals surface area contributed by atoms with Crippen LogP contribution in [0.15, 0.2) is 30.3 Å². The lowest BCUT2D eigenvalue weighted by atomic mass is 10.1. The molecule has 1 aromatic carbocycles. The van der Waals surface area contributed by atoms with E-state index in [1.54, 1.807) is 6.08 Å². The number of nitrogens with one attached hydrogen (secondary N) is 1. The van der Waals surface area contributed by atoms with Gasteiger partial charge in [0, 0.05) is 18.3 Å². The fraction of sp³-hybridized carbons (Fsp3) is 0.438. The molecule has 0 spiro atoms. The fourth-order valence-corrected chi connectivity index (χ4v) is 2.59. The molecule has 2 rings (SSSR count). The van der Waals surface area contributed by atoms with Gasteiger partial charge in [-0.3, -0.25) is 4.79 Å². The zero-order valence-electron chi connectivity index (χ0n) is 11.4. The van der Waals surface area contributed by atoms with E-state index >= 15 is 0 Å². The van der Waals surface area contributed by atoms with Crippen LogP contribution < -0.4 is 11.1 Å². The van der Waals surface area contributed by atoms with Crippen LogP contribution in [-0.4, -0.2) is 12.5 Å². The molecule has 2 unspecified atom stereocenters. The molecular weight excluding hydrogens is 236 g/mol. The van der Waals surface area contributed by atoms with Crippen molar-refractivity contribution in [1.29, 1.82) is 0 Å². The summed E-state index contributed by atoms with van der Waals surface area (Å²) in [4.78, 5) is 11.7. The van der Waals surface area contributed by atoms with E-state index in [0.717, 1.165) is 23.7 Å². The van der Waals surface area contributed by atoms with Crippen molar-refractivity contribution in [1.82, 2.24) is 5.32 Å². The maximum Gasteiger partial charge on any atom is 0.244 e. The second-order valence-corrected chi connectivity index (χ2v) is 5.53. The molecule has 0 aromatic heterocycles. The number of hydrogen-bond donors (Lipinski definition) is 2. The van der Waals surface area contributed by atoms with Gasteiger partial charge in [0.15, 0.2) is 0 Å². The summed E-state index contributed by atoms with van der Waals surface area (Å²) in [7, 11) is 0. The Morgan fingerprint density at radius 3 is 2.74 bits per heavy atom. The van der Waals surface area contributed by atoms with E-state index in [0.29, 0.717) is 5.92 Å². The van der Waals surface area contributed by atoms with Crippen molar-refractivity contribution in [3.05, 3.63) is 35.9 Å². The molecule has 1 fully saturated rings. The van der Waals surface area contributed by atoms with Crippen LogP contribution >= 0.6 is 0 Å². The van der Waals surface area contributed by atoms with Crippen molar-refractivity contribution < 1.29 is 4.79 Å². The first-order valence-electron chi connectivity index (χ1n) is 6.95. The Kier molecular flexibility index (Phi) is 4.61. The van der Waals surface area contributed by atoms with Gasteiger partial charge in [-0.2, -0.15) is 0 Å². The van der Waals surface area contributed by atoms with E-state index in [-0.39, 0.29) is 5.91 Å². The first-order chi connectivity index (χ1) is 9.13. The van der Waals surface area contributed by atoms with Gasteiger partial charge in [0.1, 0.15) is 0 Å². The first kappa shape index (κ1) is 13.7. The van der Waals surface area contributed by atoms with E-state index in [2.05, 4.69) is 12.2 Å². The minimum absolute atomic E-state index is 0.0172. The highest BCUT2D eigenvalue weighted by atomic mass is 16.1. The van der Waals surface area contributed by atoms with E-state index in [1.807, 2.05) is 30.3 Å². The van der Waals surface area contributed by atoms with Gasteiger partial charge >= 0.3 is 0 Å². The van der Waals surface area contributed by atoms with Crippen molar-refractivity contribution in [2.75, 3.05) is 12.3 Å². The van der Waals surface area contributed by atoms with E-state index in [1.165, 1.54) is 19.3 Å². The van der Waals surface area contributed by atoms with Gasteiger partial charge in [0.2, 0.25) is 5.91 Å². The van der Waals surface area contributed by atoms with Crippen LogP contribution in [0, 0.1) is 11.8 Å². The van der Waals surface area contributed by atoms with Gasteiger partial charge < -0.3 is 11.1 Å². The predicted molar refractivity (Wildman–Crippen MR) is 79.4 cm³/mol. The summed E-state index contributed by atoms with van der Waals surface area (Å²) in [6, 6.07) is 7.46. The smallest absolute Gasteiger partial charge is 0.244 e. The standard InChI is InChI=1S/C16H22N2O/c1-12-2-3-14(10-12)11-18-16(19)9-6-13-4-7-15(17)8-5-13/h4-9,12,14H,2-3,10-11,17H2,1H3,(H,18,19)/b9-6+. The Morgan fingerprint density at radius 1 is 1.37 bits per heavy atom. The van der Waals surface area contributed by atoms with Crippen LogP contribution in [-0.2, 0) is 4.79 Å². The number of rotatable bonds is 4. The van der Waals surface area contributed by atoms with E-state index in [4.69, 9.17) is 5.73 Å². The number of benzene rings is 1. The lowest BCUT2D eigenvalue weighted by Crippen LogP contribution is -2.26. The molecular formula is C16H22N2O. The van der Waals surface area contributed by atoms with Gasteiger partial charge in [-0.05, 0) is 48.4 Å². The summed E-state index contributed by atoms with van der Waals surface area (Å²) < 4.78 is 0. The molecule has 1 amide bonds. The summed E-state index contributed by atoms with van der Waals surface area (Å²) >= 11 is 0. The topological polar surface area (TPSA) is 55.1 Å². The molecule has 19 heavy (non-hydrogen) atoms. The molecule has 3 N–H and O–H groups in total. The number of amides is 1. The van der Waals surface area contributed by atoms with Gasteiger partial charge in [-0.15, -0.1) is 0 Å². The Morgan fingerprint density at radius 2 is 2.11 bits per heavy atom. The molecule has 0 heterocycles. The maximum atomic E-state index is 11.7. The number of anilines is 1. The Hall–Kier alpha value is -1.77. The highest BCUT2D eigenvalue weighted by Crippen LogP contribution is 2.29. The summed E-state index contributed by atoms with van der Waals surface area (Å²) in [6.45, 7) is 3.08. The van der Waals surface area contributed by atoms with Gasteiger partial charge in [-0.25, -0.2) is 0 Å². The second-order valence-electron chi connectivity index (χ2n) is 5.53. The van der Waals surface area contributed by atoms with Crippen LogP contribution in [0.1, 0.15) is 31.7 Å². The zero-order chi connectivity index (χ0) is 13.7. The SMILES string of the molecule is CC1CCC(CNC(=O)/C=C/c2ccc(N)cc2)C1. The fourth-order valence-electron chi connectivity index (χ4n) is 2.59. The molecule has 1 aromatic rings. The van der Waals surface area contributed by atoms with Crippen molar-refractivity contribution in [2.24, 2.45) is 11.8 Å². The lowest BCUT2D eigenvalue weighted by molar-refractivity contribution is -0.116. The molecule has 1 aliphatic carbocycles. The molecule has 0 bridgehead atoms. The highest BCUT2D eigenvalue weighted by molar-refractivity contribution is 5.91. The van der Waals surface area contributed by atoms with Crippen LogP contribution in [0.3, 0.4) is 0 Å². The second kappa shape index (κ2) is 6.41. The van der Waals surface area contributed by atoms with Crippen molar-refractivity contribution in [2.45, 2.75) is 26.2 Å². The van der Waals surface area contributed by atoms with Crippen molar-refractivity contribution in [3.63, 3.8) is 0 Å². The highest BCUT2D eigenvalue weighted by Gasteiger charge is 2.21. The summed E-state index contributed by atoms with van der Waals surface area (Å²) in [6.07, 6.45) is 7.17. The molecule has 0 radical (unpaired) electrons. The first-order valence-corrected chi connectivity index (χ1v) is 6.95. The third kappa shape index (κ3) is 4.43. The van der Waals surface area contributed by atoms with Crippen molar-refractivity contribution in [3.8, 4) is 0 Å². The largest absolute Gasteiger partial charge is 0.399 e. The minimum Gasteiger partial charge on any atom is -0.399 e. The average Bonchev–Trinajstić information content (AvgIpc) is 2.81. The van der Waals surface area contributed by atoms with Gasteiger partial charge in [0.05, 0.1) is 0 Å². The molecule has 0 saturated heterocycles. The molecule has 1 saturated carbocycles. The zero-order valence-corrected chi connectivity index (χ0v) is 11.4. The van der Waals surface area contributed by atoms with Crippen molar-refractivity contribution >= 4 is 17.7 Å². The molecule has 0 aliphatic heterocycles. The Balaban J connectivity index is 1.76. The quantitative estimate of drug-likeness (QED) is 0.644. The van der Waals surface area contributed by atoms with Crippen LogP contribution in [0.4, 0.5) is 5.69 Å². The Labute approximate surface area is 114 Å². The molecule has 2 atom stereocenters.